The van der Waals surface area contributed by atoms with Crippen LogP contribution in [0.3, 0.4) is 0 Å². The average Bonchev–Trinajstić information content (AvgIpc) is 3.16. The summed E-state index contributed by atoms with van der Waals surface area (Å²) in [5, 5.41) is 6.07. The van der Waals surface area contributed by atoms with E-state index in [0.717, 1.165) is 62.4 Å². The van der Waals surface area contributed by atoms with Crippen LogP contribution >= 0.6 is 24.8 Å². The standard InChI is InChI=1S/C20H25F4N5.2ClH/c1-3-4-5-13-11-18(29-9-8-15(12-29)25-2)28-19(26-13)27-14-6-7-17(21)16(10-14)20(22,23)24;;/h6-7,10-11,15,25H,3-5,8-9,12H2,1-2H3,(H,26,27,28);2*1H. The molecule has 2 heterocycles. The summed E-state index contributed by atoms with van der Waals surface area (Å²) in [6, 6.07) is 5.09. The van der Waals surface area contributed by atoms with Crippen LogP contribution in [-0.4, -0.2) is 36.1 Å². The topological polar surface area (TPSA) is 53.1 Å². The van der Waals surface area contributed by atoms with Gasteiger partial charge in [-0.2, -0.15) is 18.2 Å². The van der Waals surface area contributed by atoms with Gasteiger partial charge < -0.3 is 15.5 Å². The lowest BCUT2D eigenvalue weighted by Crippen LogP contribution is -2.30. The lowest BCUT2D eigenvalue weighted by atomic mass is 10.2. The second kappa shape index (κ2) is 11.7. The molecule has 0 amide bonds. The van der Waals surface area contributed by atoms with Gasteiger partial charge in [0.25, 0.3) is 0 Å². The number of benzene rings is 1. The molecule has 1 aliphatic rings. The largest absolute Gasteiger partial charge is 0.419 e. The monoisotopic (exact) mass is 483 g/mol. The third-order valence-corrected chi connectivity index (χ3v) is 5.00. The first-order chi connectivity index (χ1) is 13.8. The van der Waals surface area contributed by atoms with E-state index in [2.05, 4.69) is 32.4 Å². The number of rotatable bonds is 7. The number of unbranched alkanes of at least 4 members (excludes halogenated alkanes) is 1. The minimum absolute atomic E-state index is 0. The molecule has 1 atom stereocenters. The Labute approximate surface area is 191 Å². The van der Waals surface area contributed by atoms with Crippen LogP contribution in [0.4, 0.5) is 35.0 Å². The van der Waals surface area contributed by atoms with Crippen molar-refractivity contribution < 1.29 is 17.6 Å². The molecule has 1 aliphatic heterocycles. The van der Waals surface area contributed by atoms with Gasteiger partial charge in [0.05, 0.1) is 5.56 Å². The number of likely N-dealkylation sites (N-methyl/N-ethyl adjacent to an activating group) is 1. The number of hydrogen-bond donors (Lipinski definition) is 2. The lowest BCUT2D eigenvalue weighted by Gasteiger charge is -2.19. The van der Waals surface area contributed by atoms with Crippen LogP contribution in [0.25, 0.3) is 0 Å². The smallest absolute Gasteiger partial charge is 0.355 e. The van der Waals surface area contributed by atoms with Crippen molar-refractivity contribution in [3.05, 3.63) is 41.3 Å². The Balaban J connectivity index is 0.00000240. The first kappa shape index (κ1) is 27.2. The highest BCUT2D eigenvalue weighted by Gasteiger charge is 2.34. The van der Waals surface area contributed by atoms with E-state index < -0.39 is 17.6 Å². The summed E-state index contributed by atoms with van der Waals surface area (Å²) in [6.07, 6.45) is -1.08. The minimum Gasteiger partial charge on any atom is -0.355 e. The van der Waals surface area contributed by atoms with Crippen molar-refractivity contribution in [1.29, 1.82) is 0 Å². The number of nitrogens with one attached hydrogen (secondary N) is 2. The second-order valence-corrected chi connectivity index (χ2v) is 7.18. The first-order valence-corrected chi connectivity index (χ1v) is 9.74. The number of hydrogen-bond acceptors (Lipinski definition) is 5. The molecule has 2 N–H and O–H groups in total. The van der Waals surface area contributed by atoms with Crippen molar-refractivity contribution in [3.63, 3.8) is 0 Å². The summed E-state index contributed by atoms with van der Waals surface area (Å²) in [4.78, 5) is 11.1. The van der Waals surface area contributed by atoms with Crippen molar-refractivity contribution in [2.45, 2.75) is 44.8 Å². The number of anilines is 3. The van der Waals surface area contributed by atoms with Gasteiger partial charge in [0.1, 0.15) is 11.6 Å². The SMILES string of the molecule is CCCCc1cc(N2CCC(NC)C2)nc(Nc2ccc(F)c(C(F)(F)F)c2)n1.Cl.Cl. The maximum atomic E-state index is 13.6. The van der Waals surface area contributed by atoms with Crippen LogP contribution in [0.15, 0.2) is 24.3 Å². The quantitative estimate of drug-likeness (QED) is 0.519. The van der Waals surface area contributed by atoms with Gasteiger partial charge in [0, 0.05) is 36.6 Å². The van der Waals surface area contributed by atoms with Crippen LogP contribution in [0.1, 0.15) is 37.4 Å². The number of alkyl halides is 3. The highest BCUT2D eigenvalue weighted by Crippen LogP contribution is 2.33. The molecule has 0 aliphatic carbocycles. The maximum absolute atomic E-state index is 13.6. The Morgan fingerprint density at radius 1 is 1.16 bits per heavy atom. The lowest BCUT2D eigenvalue weighted by molar-refractivity contribution is -0.139. The Hall–Kier alpha value is -1.84. The van der Waals surface area contributed by atoms with Crippen molar-refractivity contribution in [3.8, 4) is 0 Å². The number of halogens is 6. The Bertz CT molecular complexity index is 851. The van der Waals surface area contributed by atoms with Gasteiger partial charge in [-0.15, -0.1) is 24.8 Å². The van der Waals surface area contributed by atoms with E-state index >= 15 is 0 Å². The molecule has 1 fully saturated rings. The summed E-state index contributed by atoms with van der Waals surface area (Å²) < 4.78 is 52.5. The van der Waals surface area contributed by atoms with Crippen LogP contribution in [-0.2, 0) is 12.6 Å². The van der Waals surface area contributed by atoms with Gasteiger partial charge in [-0.3, -0.25) is 0 Å². The van der Waals surface area contributed by atoms with E-state index in [0.29, 0.717) is 6.04 Å². The third kappa shape index (κ3) is 7.08. The van der Waals surface area contributed by atoms with E-state index in [1.165, 1.54) is 6.07 Å². The number of nitrogens with zero attached hydrogens (tertiary/aromatic N) is 3. The summed E-state index contributed by atoms with van der Waals surface area (Å²) >= 11 is 0. The van der Waals surface area contributed by atoms with Crippen molar-refractivity contribution in [1.82, 2.24) is 15.3 Å². The second-order valence-electron chi connectivity index (χ2n) is 7.18. The molecule has 1 aromatic carbocycles. The normalized spacial score (nSPS) is 15.9. The molecule has 1 unspecified atom stereocenters. The molecule has 0 spiro atoms. The van der Waals surface area contributed by atoms with Gasteiger partial charge in [0.2, 0.25) is 5.95 Å². The van der Waals surface area contributed by atoms with E-state index in [4.69, 9.17) is 0 Å². The molecule has 174 valence electrons. The summed E-state index contributed by atoms with van der Waals surface area (Å²) in [7, 11) is 1.92. The zero-order chi connectivity index (χ0) is 21.0. The highest BCUT2D eigenvalue weighted by atomic mass is 35.5. The van der Waals surface area contributed by atoms with E-state index in [1.807, 2.05) is 13.1 Å². The fourth-order valence-corrected chi connectivity index (χ4v) is 3.34. The van der Waals surface area contributed by atoms with E-state index in [1.54, 1.807) is 0 Å². The van der Waals surface area contributed by atoms with Crippen molar-refractivity contribution >= 4 is 42.3 Å². The van der Waals surface area contributed by atoms with Crippen LogP contribution in [0, 0.1) is 5.82 Å². The van der Waals surface area contributed by atoms with E-state index in [-0.39, 0.29) is 36.4 Å². The number of aromatic nitrogens is 2. The summed E-state index contributed by atoms with van der Waals surface area (Å²) in [5.41, 5.74) is -0.404. The predicted molar refractivity (Wildman–Crippen MR) is 120 cm³/mol. The molecule has 0 radical (unpaired) electrons. The molecule has 11 heteroatoms. The summed E-state index contributed by atoms with van der Waals surface area (Å²) in [5.74, 6) is -0.359. The molecule has 1 aromatic heterocycles. The average molecular weight is 484 g/mol. The molecule has 0 saturated carbocycles. The van der Waals surface area contributed by atoms with Crippen molar-refractivity contribution in [2.24, 2.45) is 0 Å². The van der Waals surface area contributed by atoms with Crippen LogP contribution in [0.2, 0.25) is 0 Å². The van der Waals surface area contributed by atoms with Gasteiger partial charge in [-0.1, -0.05) is 13.3 Å². The van der Waals surface area contributed by atoms with E-state index in [9.17, 15) is 17.6 Å². The maximum Gasteiger partial charge on any atom is 0.419 e. The molecule has 2 aromatic rings. The van der Waals surface area contributed by atoms with Crippen molar-refractivity contribution in [2.75, 3.05) is 30.4 Å². The number of aryl methyl sites for hydroxylation is 1. The van der Waals surface area contributed by atoms with Crippen LogP contribution in [0.5, 0.6) is 0 Å². The zero-order valence-electron chi connectivity index (χ0n) is 17.3. The van der Waals surface area contributed by atoms with Gasteiger partial charge in [0.15, 0.2) is 0 Å². The molecule has 5 nitrogen and oxygen atoms in total. The molecular formula is C20H27Cl2F4N5. The minimum atomic E-state index is -4.77. The Morgan fingerprint density at radius 2 is 1.90 bits per heavy atom. The highest BCUT2D eigenvalue weighted by molar-refractivity contribution is 5.85. The fourth-order valence-electron chi connectivity index (χ4n) is 3.34. The summed E-state index contributed by atoms with van der Waals surface area (Å²) in [6.45, 7) is 3.72. The first-order valence-electron chi connectivity index (χ1n) is 9.74. The zero-order valence-corrected chi connectivity index (χ0v) is 18.9. The Kier molecular flexibility index (Phi) is 10.3. The molecule has 3 rings (SSSR count). The third-order valence-electron chi connectivity index (χ3n) is 5.00. The predicted octanol–water partition coefficient (Wildman–Crippen LogP) is 5.36. The molecular weight excluding hydrogens is 457 g/mol. The molecule has 0 bridgehead atoms. The molecule has 1 saturated heterocycles. The Morgan fingerprint density at radius 3 is 2.52 bits per heavy atom. The van der Waals surface area contributed by atoms with Crippen LogP contribution < -0.4 is 15.5 Å². The van der Waals surface area contributed by atoms with Gasteiger partial charge in [-0.25, -0.2) is 9.37 Å². The van der Waals surface area contributed by atoms with Gasteiger partial charge in [-0.05, 0) is 44.5 Å². The van der Waals surface area contributed by atoms with Gasteiger partial charge >= 0.3 is 6.18 Å². The molecule has 31 heavy (non-hydrogen) atoms. The fraction of sp³-hybridized carbons (Fsp3) is 0.500.